The minimum atomic E-state index is 0.0909. The highest BCUT2D eigenvalue weighted by molar-refractivity contribution is 5.79. The summed E-state index contributed by atoms with van der Waals surface area (Å²) in [6.07, 6.45) is 17.8. The van der Waals surface area contributed by atoms with E-state index < -0.39 is 0 Å². The van der Waals surface area contributed by atoms with Crippen molar-refractivity contribution in [3.8, 4) is 0 Å². The van der Waals surface area contributed by atoms with E-state index in [-0.39, 0.29) is 21.7 Å². The first kappa shape index (κ1) is 49.4. The van der Waals surface area contributed by atoms with Gasteiger partial charge in [0.1, 0.15) is 0 Å². The molecule has 0 aromatic heterocycles. The average Bonchev–Trinajstić information content (AvgIpc) is 3.33. The van der Waals surface area contributed by atoms with E-state index >= 15 is 0 Å². The van der Waals surface area contributed by atoms with Gasteiger partial charge in [0, 0.05) is 47.2 Å². The van der Waals surface area contributed by atoms with Crippen molar-refractivity contribution in [1.29, 1.82) is 0 Å². The Morgan fingerprint density at radius 2 is 0.543 bits per heavy atom. The number of hydrogen-bond acceptors (Lipinski definition) is 4. The van der Waals surface area contributed by atoms with E-state index in [1.807, 2.05) is 0 Å². The van der Waals surface area contributed by atoms with Gasteiger partial charge in [0.25, 0.3) is 0 Å². The topological polar surface area (TPSA) is 30.5 Å². The molecular weight excluding hydrogens is 849 g/mol. The standard InChI is InChI=1S/C66H74N4/c1-63(2,3)51-21-33-57(34-22-51)69(58-35-23-52(24-36-58)64(4,5)6)55-29-17-47(18-30-55)13-15-49-41-43-67-61(45-49)62-46-50(42-44-68-62)16-14-48-19-31-56(32-20-48)70(59-37-25-53(26-38-59)65(7,8)9)60-39-27-54(28-40-60)66(10,11)12/h13-42,45-46,67-68H,43-44H2,1-12H3/b15-13+,16-14+. The summed E-state index contributed by atoms with van der Waals surface area (Å²) >= 11 is 0. The minimum Gasteiger partial charge on any atom is -0.380 e. The van der Waals surface area contributed by atoms with Crippen LogP contribution in [0.1, 0.15) is 116 Å². The first-order valence-corrected chi connectivity index (χ1v) is 25.1. The zero-order valence-electron chi connectivity index (χ0n) is 43.8. The summed E-state index contributed by atoms with van der Waals surface area (Å²) < 4.78 is 0. The van der Waals surface area contributed by atoms with Crippen molar-refractivity contribution in [2.24, 2.45) is 0 Å². The zero-order chi connectivity index (χ0) is 49.8. The first-order valence-electron chi connectivity index (χ1n) is 25.1. The molecule has 0 atom stereocenters. The van der Waals surface area contributed by atoms with Crippen molar-refractivity contribution in [1.82, 2.24) is 10.6 Å². The van der Waals surface area contributed by atoms with E-state index in [9.17, 15) is 0 Å². The molecule has 0 saturated heterocycles. The first-order chi connectivity index (χ1) is 33.2. The number of dihydropyridines is 2. The van der Waals surface area contributed by atoms with Crippen LogP contribution in [0.25, 0.3) is 12.2 Å². The largest absolute Gasteiger partial charge is 0.380 e. The van der Waals surface area contributed by atoms with Crippen LogP contribution in [-0.4, -0.2) is 13.1 Å². The summed E-state index contributed by atoms with van der Waals surface area (Å²) in [7, 11) is 0. The fourth-order valence-electron chi connectivity index (χ4n) is 8.88. The highest BCUT2D eigenvalue weighted by Gasteiger charge is 2.21. The van der Waals surface area contributed by atoms with Gasteiger partial charge in [-0.25, -0.2) is 0 Å². The fraction of sp³-hybridized carbons (Fsp3) is 0.273. The molecule has 8 rings (SSSR count). The Hall–Kier alpha value is -7.04. The molecule has 70 heavy (non-hydrogen) atoms. The fourth-order valence-corrected chi connectivity index (χ4v) is 8.88. The van der Waals surface area contributed by atoms with Crippen molar-refractivity contribution in [2.75, 3.05) is 22.9 Å². The molecule has 6 aromatic rings. The lowest BCUT2D eigenvalue weighted by Gasteiger charge is -2.28. The number of nitrogens with zero attached hydrogens (tertiary/aromatic N) is 2. The normalized spacial score (nSPS) is 14.6. The van der Waals surface area contributed by atoms with Crippen LogP contribution in [0.15, 0.2) is 205 Å². The lowest BCUT2D eigenvalue weighted by Crippen LogP contribution is -2.27. The predicted octanol–water partition coefficient (Wildman–Crippen LogP) is 17.4. The monoisotopic (exact) mass is 923 g/mol. The van der Waals surface area contributed by atoms with E-state index in [4.69, 9.17) is 0 Å². The Kier molecular flexibility index (Phi) is 14.2. The van der Waals surface area contributed by atoms with Crippen LogP contribution in [0.2, 0.25) is 0 Å². The molecule has 0 unspecified atom stereocenters. The Labute approximate surface area is 420 Å². The molecule has 4 nitrogen and oxygen atoms in total. The Morgan fingerprint density at radius 1 is 0.314 bits per heavy atom. The van der Waals surface area contributed by atoms with Gasteiger partial charge in [0.15, 0.2) is 0 Å². The number of anilines is 6. The van der Waals surface area contributed by atoms with Crippen molar-refractivity contribution < 1.29 is 0 Å². The molecule has 4 heteroatoms. The van der Waals surface area contributed by atoms with Gasteiger partial charge >= 0.3 is 0 Å². The summed E-state index contributed by atoms with van der Waals surface area (Å²) in [6, 6.07) is 53.9. The number of benzene rings is 6. The maximum absolute atomic E-state index is 3.61. The van der Waals surface area contributed by atoms with Crippen molar-refractivity contribution in [3.63, 3.8) is 0 Å². The minimum absolute atomic E-state index is 0.0909. The molecule has 0 bridgehead atoms. The van der Waals surface area contributed by atoms with E-state index in [1.165, 1.54) is 33.4 Å². The third-order valence-corrected chi connectivity index (χ3v) is 13.4. The van der Waals surface area contributed by atoms with Gasteiger partial charge in [-0.2, -0.15) is 0 Å². The molecule has 0 amide bonds. The highest BCUT2D eigenvalue weighted by atomic mass is 15.1. The lowest BCUT2D eigenvalue weighted by atomic mass is 9.86. The van der Waals surface area contributed by atoms with Gasteiger partial charge < -0.3 is 20.4 Å². The average molecular weight is 923 g/mol. The van der Waals surface area contributed by atoms with Gasteiger partial charge in [-0.1, -0.05) is 192 Å². The van der Waals surface area contributed by atoms with Crippen LogP contribution in [-0.2, 0) is 21.7 Å². The molecule has 2 N–H and O–H groups in total. The second-order valence-corrected chi connectivity index (χ2v) is 23.0. The maximum Gasteiger partial charge on any atom is 0.0584 e. The van der Waals surface area contributed by atoms with Crippen LogP contribution in [0, 0.1) is 0 Å². The second kappa shape index (κ2) is 20.1. The molecule has 0 spiro atoms. The molecule has 358 valence electrons. The molecule has 2 aliphatic rings. The van der Waals surface area contributed by atoms with Crippen LogP contribution in [0.4, 0.5) is 34.1 Å². The number of nitrogens with one attached hydrogen (secondary N) is 2. The van der Waals surface area contributed by atoms with Crippen LogP contribution in [0.5, 0.6) is 0 Å². The van der Waals surface area contributed by atoms with Gasteiger partial charge in [-0.3, -0.25) is 0 Å². The van der Waals surface area contributed by atoms with E-state index in [0.29, 0.717) is 0 Å². The summed E-state index contributed by atoms with van der Waals surface area (Å²) in [5.74, 6) is 0. The SMILES string of the molecule is CC(C)(C)c1ccc(N(c2ccc(/C=C/C3=CCNC(C4=CC(/C=C/c5ccc(N(c6ccc(C(C)(C)C)cc6)c6ccc(C(C)(C)C)cc6)cc5)=CCN4)=C3)cc2)c2ccc(C(C)(C)C)cc2)cc1. The van der Waals surface area contributed by atoms with Crippen molar-refractivity contribution >= 4 is 46.3 Å². The third-order valence-electron chi connectivity index (χ3n) is 13.4. The number of rotatable bonds is 11. The molecule has 2 aliphatic heterocycles. The molecule has 0 aliphatic carbocycles. The molecule has 0 fully saturated rings. The van der Waals surface area contributed by atoms with Gasteiger partial charge in [0.05, 0.1) is 11.4 Å². The molecule has 0 radical (unpaired) electrons. The van der Waals surface area contributed by atoms with Crippen LogP contribution in [0.3, 0.4) is 0 Å². The third kappa shape index (κ3) is 12.0. The molecule has 2 heterocycles. The Bertz CT molecular complexity index is 2610. The van der Waals surface area contributed by atoms with E-state index in [1.54, 1.807) is 0 Å². The lowest BCUT2D eigenvalue weighted by molar-refractivity contribution is 0.590. The smallest absolute Gasteiger partial charge is 0.0584 e. The quantitative estimate of drug-likeness (QED) is 0.136. The zero-order valence-corrected chi connectivity index (χ0v) is 43.8. The van der Waals surface area contributed by atoms with Crippen LogP contribution < -0.4 is 20.4 Å². The summed E-state index contributed by atoms with van der Waals surface area (Å²) in [4.78, 5) is 4.71. The van der Waals surface area contributed by atoms with E-state index in [2.05, 4.69) is 298 Å². The second-order valence-electron chi connectivity index (χ2n) is 23.0. The molecular formula is C66H74N4. The summed E-state index contributed by atoms with van der Waals surface area (Å²) in [6.45, 7) is 28.7. The molecule has 6 aromatic carbocycles. The van der Waals surface area contributed by atoms with Gasteiger partial charge in [-0.15, -0.1) is 0 Å². The summed E-state index contributed by atoms with van der Waals surface area (Å²) in [5, 5.41) is 7.22. The van der Waals surface area contributed by atoms with Crippen molar-refractivity contribution in [3.05, 3.63) is 238 Å². The summed E-state index contributed by atoms with van der Waals surface area (Å²) in [5.41, 5.74) is 19.3. The molecule has 0 saturated carbocycles. The highest BCUT2D eigenvalue weighted by Crippen LogP contribution is 2.39. The Balaban J connectivity index is 0.959. The van der Waals surface area contributed by atoms with E-state index in [0.717, 1.165) is 69.7 Å². The maximum atomic E-state index is 3.61. The van der Waals surface area contributed by atoms with Crippen LogP contribution >= 0.6 is 0 Å². The van der Waals surface area contributed by atoms with Crippen molar-refractivity contribution in [2.45, 2.75) is 105 Å². The predicted molar refractivity (Wildman–Crippen MR) is 303 cm³/mol. The van der Waals surface area contributed by atoms with Gasteiger partial charge in [-0.05, 0) is 151 Å². The number of allylic oxidation sites excluding steroid dienone is 6. The number of hydrogen-bond donors (Lipinski definition) is 2. The van der Waals surface area contributed by atoms with Gasteiger partial charge in [0.2, 0.25) is 0 Å². The Morgan fingerprint density at radius 3 is 0.771 bits per heavy atom.